The van der Waals surface area contributed by atoms with E-state index in [0.29, 0.717) is 30.9 Å². The second-order valence-electron chi connectivity index (χ2n) is 7.74. The molecular formula is C26H33N5O4. The Bertz CT molecular complexity index is 1160. The fourth-order valence-electron chi connectivity index (χ4n) is 2.98. The molecule has 9 heteroatoms. The van der Waals surface area contributed by atoms with Crippen LogP contribution in [-0.2, 0) is 11.3 Å². The molecule has 0 bridgehead atoms. The van der Waals surface area contributed by atoms with Crippen LogP contribution in [0.15, 0.2) is 65.5 Å². The molecule has 0 atom stereocenters. The van der Waals surface area contributed by atoms with E-state index in [0.717, 1.165) is 23.4 Å². The number of likely N-dealkylation sites (N-methyl/N-ethyl adjacent to an activating group) is 1. The van der Waals surface area contributed by atoms with Gasteiger partial charge in [0.25, 0.3) is 11.5 Å². The number of hydrogen-bond acceptors (Lipinski definition) is 6. The van der Waals surface area contributed by atoms with E-state index in [-0.39, 0.29) is 11.5 Å². The van der Waals surface area contributed by atoms with Gasteiger partial charge in [-0.25, -0.2) is 9.48 Å². The molecule has 0 aliphatic rings. The smallest absolute Gasteiger partial charge is 0.411 e. The van der Waals surface area contributed by atoms with Crippen molar-refractivity contribution in [2.24, 2.45) is 0 Å². The summed E-state index contributed by atoms with van der Waals surface area (Å²) < 4.78 is 6.21. The minimum Gasteiger partial charge on any atom is -0.450 e. The van der Waals surface area contributed by atoms with Crippen molar-refractivity contribution < 1.29 is 14.3 Å². The molecular weight excluding hydrogens is 446 g/mol. The van der Waals surface area contributed by atoms with Gasteiger partial charge in [0.05, 0.1) is 18.8 Å². The molecule has 0 aliphatic heterocycles. The zero-order valence-corrected chi connectivity index (χ0v) is 20.6. The van der Waals surface area contributed by atoms with Gasteiger partial charge in [0.1, 0.15) is 0 Å². The Morgan fingerprint density at radius 3 is 2.43 bits per heavy atom. The second kappa shape index (κ2) is 14.3. The van der Waals surface area contributed by atoms with Crippen LogP contribution in [0, 0.1) is 13.8 Å². The number of rotatable bonds is 8. The normalized spacial score (nSPS) is 10.1. The third kappa shape index (κ3) is 9.81. The van der Waals surface area contributed by atoms with Crippen LogP contribution in [-0.4, -0.2) is 48.5 Å². The fraction of sp³-hybridized carbons (Fsp3) is 0.308. The summed E-state index contributed by atoms with van der Waals surface area (Å²) in [7, 11) is 1.86. The molecule has 9 nitrogen and oxygen atoms in total. The highest BCUT2D eigenvalue weighted by Gasteiger charge is 2.05. The first-order chi connectivity index (χ1) is 16.8. The van der Waals surface area contributed by atoms with Crippen molar-refractivity contribution in [1.82, 2.24) is 20.4 Å². The molecule has 0 saturated heterocycles. The van der Waals surface area contributed by atoms with Crippen molar-refractivity contribution in [2.45, 2.75) is 27.3 Å². The average Bonchev–Trinajstić information content (AvgIpc) is 2.83. The maximum Gasteiger partial charge on any atom is 0.411 e. The molecule has 1 heterocycles. The topological polar surface area (TPSA) is 114 Å². The molecule has 186 valence electrons. The van der Waals surface area contributed by atoms with Crippen molar-refractivity contribution in [2.75, 3.05) is 32.1 Å². The van der Waals surface area contributed by atoms with Crippen LogP contribution < -0.4 is 21.5 Å². The third-order valence-corrected chi connectivity index (χ3v) is 4.76. The molecule has 3 rings (SSSR count). The molecule has 3 aromatic rings. The van der Waals surface area contributed by atoms with Crippen molar-refractivity contribution in [3.05, 3.63) is 93.4 Å². The molecule has 3 N–H and O–H groups in total. The Kier molecular flexibility index (Phi) is 11.2. The summed E-state index contributed by atoms with van der Waals surface area (Å²) in [6, 6.07) is 17.9. The van der Waals surface area contributed by atoms with Gasteiger partial charge < -0.3 is 15.4 Å². The monoisotopic (exact) mass is 479 g/mol. The number of carbonyl (C=O) groups excluding carboxylic acids is 2. The Hall–Kier alpha value is -3.98. The minimum absolute atomic E-state index is 0.0137. The summed E-state index contributed by atoms with van der Waals surface area (Å²) in [5.41, 5.74) is 3.97. The van der Waals surface area contributed by atoms with E-state index in [1.165, 1.54) is 10.7 Å². The zero-order chi connectivity index (χ0) is 25.6. The van der Waals surface area contributed by atoms with Gasteiger partial charge >= 0.3 is 6.09 Å². The zero-order valence-electron chi connectivity index (χ0n) is 20.6. The Morgan fingerprint density at radius 1 is 1.00 bits per heavy atom. The van der Waals surface area contributed by atoms with E-state index in [1.807, 2.05) is 51.2 Å². The third-order valence-electron chi connectivity index (χ3n) is 4.76. The Balaban J connectivity index is 0.000000269. The number of nitrogens with one attached hydrogen (secondary N) is 3. The molecule has 0 aliphatic carbocycles. The molecule has 35 heavy (non-hydrogen) atoms. The van der Waals surface area contributed by atoms with Crippen LogP contribution in [0.25, 0.3) is 0 Å². The number of aromatic nitrogens is 2. The molecule has 0 spiro atoms. The van der Waals surface area contributed by atoms with Crippen LogP contribution in [0.4, 0.5) is 10.5 Å². The largest absolute Gasteiger partial charge is 0.450 e. The van der Waals surface area contributed by atoms with Crippen LogP contribution in [0.3, 0.4) is 0 Å². The summed E-state index contributed by atoms with van der Waals surface area (Å²) in [4.78, 5) is 34.6. The van der Waals surface area contributed by atoms with E-state index in [4.69, 9.17) is 4.74 Å². The Labute approximate surface area is 205 Å². The number of anilines is 1. The van der Waals surface area contributed by atoms with Crippen LogP contribution in [0.1, 0.15) is 34.1 Å². The van der Waals surface area contributed by atoms with Gasteiger partial charge in [0, 0.05) is 30.4 Å². The first kappa shape index (κ1) is 27.3. The van der Waals surface area contributed by atoms with Crippen molar-refractivity contribution in [1.29, 1.82) is 0 Å². The van der Waals surface area contributed by atoms with Crippen molar-refractivity contribution in [3.8, 4) is 0 Å². The Morgan fingerprint density at radius 2 is 1.74 bits per heavy atom. The number of aryl methyl sites for hydroxylation is 2. The standard InChI is InChI=1S/C15H17N3O3.C11H16N2O/c1-3-21-15(20)16-13-6-4-5-12(9-13)10-18-14(19)8-7-11(2)17-18;1-9-3-5-10(6-4-9)11(14)13-8-7-12-2/h4-9H,3,10H2,1-2H3,(H,16,20);3-6,12H,7-8H2,1-2H3,(H,13,14). The second-order valence-corrected chi connectivity index (χ2v) is 7.74. The predicted molar refractivity (Wildman–Crippen MR) is 137 cm³/mol. The number of ether oxygens (including phenoxy) is 1. The highest BCUT2D eigenvalue weighted by Crippen LogP contribution is 2.11. The van der Waals surface area contributed by atoms with Crippen LogP contribution in [0.5, 0.6) is 0 Å². The van der Waals surface area contributed by atoms with Crippen LogP contribution >= 0.6 is 0 Å². The number of nitrogens with zero attached hydrogens (tertiary/aromatic N) is 2. The number of amides is 2. The molecule has 0 radical (unpaired) electrons. The van der Waals surface area contributed by atoms with Gasteiger partial charge in [0.15, 0.2) is 0 Å². The maximum atomic E-state index is 11.7. The van der Waals surface area contributed by atoms with E-state index in [2.05, 4.69) is 21.0 Å². The molecule has 1 aromatic heterocycles. The molecule has 0 fully saturated rings. The van der Waals surface area contributed by atoms with Crippen LogP contribution in [0.2, 0.25) is 0 Å². The maximum absolute atomic E-state index is 11.7. The summed E-state index contributed by atoms with van der Waals surface area (Å²) in [5, 5.41) is 12.6. The summed E-state index contributed by atoms with van der Waals surface area (Å²) in [6.45, 7) is 7.68. The highest BCUT2D eigenvalue weighted by atomic mass is 16.5. The first-order valence-corrected chi connectivity index (χ1v) is 11.4. The number of hydrogen-bond donors (Lipinski definition) is 3. The molecule has 2 amide bonds. The lowest BCUT2D eigenvalue weighted by Crippen LogP contribution is -2.30. The molecule has 0 unspecified atom stereocenters. The van der Waals surface area contributed by atoms with Gasteiger partial charge in [-0.1, -0.05) is 29.8 Å². The minimum atomic E-state index is -0.500. The van der Waals surface area contributed by atoms with Gasteiger partial charge in [-0.15, -0.1) is 0 Å². The number of carbonyl (C=O) groups is 2. The number of benzene rings is 2. The molecule has 0 saturated carbocycles. The SMILES string of the molecule is CCOC(=O)Nc1cccc(Cn2nc(C)ccc2=O)c1.CNCCNC(=O)c1ccc(C)cc1. The highest BCUT2D eigenvalue weighted by molar-refractivity contribution is 5.94. The fourth-order valence-corrected chi connectivity index (χ4v) is 2.98. The lowest BCUT2D eigenvalue weighted by atomic mass is 10.1. The predicted octanol–water partition coefficient (Wildman–Crippen LogP) is 3.11. The lowest BCUT2D eigenvalue weighted by Gasteiger charge is -2.08. The van der Waals surface area contributed by atoms with Gasteiger partial charge in [-0.2, -0.15) is 5.10 Å². The average molecular weight is 480 g/mol. The lowest BCUT2D eigenvalue weighted by molar-refractivity contribution is 0.0954. The van der Waals surface area contributed by atoms with E-state index < -0.39 is 6.09 Å². The summed E-state index contributed by atoms with van der Waals surface area (Å²) in [5.74, 6) is -0.0137. The summed E-state index contributed by atoms with van der Waals surface area (Å²) >= 11 is 0. The van der Waals surface area contributed by atoms with Crippen molar-refractivity contribution >= 4 is 17.7 Å². The quantitative estimate of drug-likeness (QED) is 0.428. The van der Waals surface area contributed by atoms with Gasteiger partial charge in [-0.3, -0.25) is 14.9 Å². The van der Waals surface area contributed by atoms with Gasteiger partial charge in [-0.05, 0) is 63.7 Å². The van der Waals surface area contributed by atoms with Crippen molar-refractivity contribution in [3.63, 3.8) is 0 Å². The van der Waals surface area contributed by atoms with E-state index >= 15 is 0 Å². The van der Waals surface area contributed by atoms with E-state index in [1.54, 1.807) is 31.2 Å². The summed E-state index contributed by atoms with van der Waals surface area (Å²) in [6.07, 6.45) is -0.500. The van der Waals surface area contributed by atoms with Gasteiger partial charge in [0.2, 0.25) is 0 Å². The van der Waals surface area contributed by atoms with E-state index in [9.17, 15) is 14.4 Å². The first-order valence-electron chi connectivity index (χ1n) is 11.4. The molecule has 2 aromatic carbocycles.